The molecule has 3 nitrogen and oxygen atoms in total. The third-order valence-corrected chi connectivity index (χ3v) is 5.75. The van der Waals surface area contributed by atoms with Crippen LogP contribution in [0.15, 0.2) is 54.7 Å². The molecule has 0 fully saturated rings. The van der Waals surface area contributed by atoms with Crippen molar-refractivity contribution in [2.75, 3.05) is 19.6 Å². The molecule has 1 aliphatic rings. The molecule has 4 heteroatoms. The lowest BCUT2D eigenvalue weighted by Crippen LogP contribution is -2.29. The van der Waals surface area contributed by atoms with Crippen molar-refractivity contribution >= 4 is 22.3 Å². The number of ketones is 1. The average Bonchev–Trinajstić information content (AvgIpc) is 3.17. The van der Waals surface area contributed by atoms with Crippen LogP contribution >= 0.6 is 0 Å². The van der Waals surface area contributed by atoms with Gasteiger partial charge in [-0.25, -0.2) is 4.39 Å². The average molecular weight is 391 g/mol. The second-order valence-electron chi connectivity index (χ2n) is 7.79. The van der Waals surface area contributed by atoms with E-state index in [0.29, 0.717) is 11.1 Å². The lowest BCUT2D eigenvalue weighted by atomic mass is 9.96. The molecular weight excluding hydrogens is 363 g/mol. The number of benzene rings is 2. The fourth-order valence-corrected chi connectivity index (χ4v) is 4.07. The summed E-state index contributed by atoms with van der Waals surface area (Å²) in [7, 11) is 0. The van der Waals surface area contributed by atoms with Crippen LogP contribution in [0.2, 0.25) is 0 Å². The maximum Gasteiger partial charge on any atom is 0.193 e. The van der Waals surface area contributed by atoms with Crippen molar-refractivity contribution in [1.29, 1.82) is 0 Å². The highest BCUT2D eigenvalue weighted by Crippen LogP contribution is 2.30. The summed E-state index contributed by atoms with van der Waals surface area (Å²) in [6, 6.07) is 11.5. The molecule has 0 spiro atoms. The van der Waals surface area contributed by atoms with Gasteiger partial charge in [-0.05, 0) is 55.3 Å². The highest BCUT2D eigenvalue weighted by molar-refractivity contribution is 6.11. The fourth-order valence-electron chi connectivity index (χ4n) is 4.07. The van der Waals surface area contributed by atoms with E-state index in [9.17, 15) is 9.18 Å². The fraction of sp³-hybridized carbons (Fsp3) is 0.320. The normalized spacial score (nSPS) is 14.9. The van der Waals surface area contributed by atoms with Crippen LogP contribution in [0.1, 0.15) is 54.1 Å². The van der Waals surface area contributed by atoms with Crippen LogP contribution in [-0.2, 0) is 0 Å². The second-order valence-corrected chi connectivity index (χ2v) is 7.79. The number of aromatic amines is 1. The molecule has 2 aromatic carbocycles. The van der Waals surface area contributed by atoms with Crippen molar-refractivity contribution in [3.05, 3.63) is 77.2 Å². The van der Waals surface area contributed by atoms with Crippen molar-refractivity contribution in [2.45, 2.75) is 32.6 Å². The first kappa shape index (κ1) is 19.6. The van der Waals surface area contributed by atoms with Gasteiger partial charge in [-0.1, -0.05) is 38.0 Å². The van der Waals surface area contributed by atoms with Gasteiger partial charge < -0.3 is 4.98 Å². The number of unbranched alkanes of at least 4 members (excludes halogenated alkanes) is 2. The van der Waals surface area contributed by atoms with Crippen molar-refractivity contribution in [1.82, 2.24) is 9.88 Å². The summed E-state index contributed by atoms with van der Waals surface area (Å²) in [6.45, 7) is 5.45. The van der Waals surface area contributed by atoms with Gasteiger partial charge in [-0.3, -0.25) is 9.69 Å². The summed E-state index contributed by atoms with van der Waals surface area (Å²) in [4.78, 5) is 18.7. The van der Waals surface area contributed by atoms with E-state index in [-0.39, 0.29) is 5.78 Å². The number of fused-ring (bicyclic) bond motifs is 1. The first-order chi connectivity index (χ1) is 14.2. The molecule has 1 aliphatic heterocycles. The number of hydrogen-bond donors (Lipinski definition) is 1. The van der Waals surface area contributed by atoms with E-state index in [0.717, 1.165) is 37.0 Å². The Balaban J connectivity index is 1.57. The number of carbonyl (C=O) groups excluding carboxylic acids is 1. The molecule has 0 radical (unpaired) electrons. The maximum absolute atomic E-state index is 13.5. The topological polar surface area (TPSA) is 36.1 Å². The van der Waals surface area contributed by atoms with E-state index < -0.39 is 5.82 Å². The smallest absolute Gasteiger partial charge is 0.193 e. The molecule has 0 atom stereocenters. The standard InChI is InChI=1S/C25H27FN2O/c1-2-3-4-12-28-13-10-18(11-14-28)23-17-27-24-9-8-20(16-22(23)24)25(29)19-6-5-7-21(26)15-19/h5-10,15-17,27H,2-4,11-14H2,1H3. The number of nitrogens with one attached hydrogen (secondary N) is 1. The largest absolute Gasteiger partial charge is 0.361 e. The van der Waals surface area contributed by atoms with Gasteiger partial charge in [0.25, 0.3) is 0 Å². The van der Waals surface area contributed by atoms with Crippen molar-refractivity contribution < 1.29 is 9.18 Å². The zero-order chi connectivity index (χ0) is 20.2. The monoisotopic (exact) mass is 390 g/mol. The van der Waals surface area contributed by atoms with E-state index in [2.05, 4.69) is 22.9 Å². The molecule has 2 heterocycles. The molecule has 1 aromatic heterocycles. The summed E-state index contributed by atoms with van der Waals surface area (Å²) in [5, 5.41) is 1.05. The number of H-pyrrole nitrogens is 1. The minimum absolute atomic E-state index is 0.154. The molecule has 29 heavy (non-hydrogen) atoms. The van der Waals surface area contributed by atoms with Crippen LogP contribution in [0.25, 0.3) is 16.5 Å². The Labute approximate surface area is 171 Å². The third-order valence-electron chi connectivity index (χ3n) is 5.75. The van der Waals surface area contributed by atoms with Crippen molar-refractivity contribution in [2.24, 2.45) is 0 Å². The van der Waals surface area contributed by atoms with Gasteiger partial charge in [0.15, 0.2) is 5.78 Å². The summed E-state index contributed by atoms with van der Waals surface area (Å²) in [5.41, 5.74) is 4.48. The Morgan fingerprint density at radius 1 is 1.14 bits per heavy atom. The van der Waals surface area contributed by atoms with Gasteiger partial charge in [0.1, 0.15) is 5.82 Å². The molecule has 0 unspecified atom stereocenters. The van der Waals surface area contributed by atoms with Crippen LogP contribution < -0.4 is 0 Å². The van der Waals surface area contributed by atoms with Crippen LogP contribution in [0.5, 0.6) is 0 Å². The van der Waals surface area contributed by atoms with Gasteiger partial charge in [0.05, 0.1) is 0 Å². The number of halogens is 1. The number of nitrogens with zero attached hydrogens (tertiary/aromatic N) is 1. The van der Waals surface area contributed by atoms with Crippen LogP contribution in [0, 0.1) is 5.82 Å². The summed E-state index contributed by atoms with van der Waals surface area (Å²) >= 11 is 0. The van der Waals surface area contributed by atoms with Crippen LogP contribution in [0.4, 0.5) is 4.39 Å². The van der Waals surface area contributed by atoms with E-state index >= 15 is 0 Å². The highest BCUT2D eigenvalue weighted by atomic mass is 19.1. The molecule has 0 saturated carbocycles. The maximum atomic E-state index is 13.5. The number of hydrogen-bond acceptors (Lipinski definition) is 2. The van der Waals surface area contributed by atoms with Crippen LogP contribution in [0.3, 0.4) is 0 Å². The highest BCUT2D eigenvalue weighted by Gasteiger charge is 2.17. The molecule has 0 bridgehead atoms. The quantitative estimate of drug-likeness (QED) is 0.408. The third kappa shape index (κ3) is 4.33. The Hall–Kier alpha value is -2.72. The lowest BCUT2D eigenvalue weighted by molar-refractivity contribution is 0.103. The first-order valence-corrected chi connectivity index (χ1v) is 10.5. The van der Waals surface area contributed by atoms with E-state index in [1.807, 2.05) is 18.3 Å². The zero-order valence-corrected chi connectivity index (χ0v) is 16.9. The van der Waals surface area contributed by atoms with Gasteiger partial charge in [-0.2, -0.15) is 0 Å². The number of aromatic nitrogens is 1. The predicted molar refractivity (Wildman–Crippen MR) is 117 cm³/mol. The SMILES string of the molecule is CCCCCN1CC=C(c2c[nH]c3ccc(C(=O)c4cccc(F)c4)cc23)CC1. The molecule has 3 aromatic rings. The molecular formula is C25H27FN2O. The van der Waals surface area contributed by atoms with Gasteiger partial charge in [0.2, 0.25) is 0 Å². The molecule has 1 N–H and O–H groups in total. The van der Waals surface area contributed by atoms with Crippen molar-refractivity contribution in [3.63, 3.8) is 0 Å². The van der Waals surface area contributed by atoms with Gasteiger partial charge >= 0.3 is 0 Å². The Morgan fingerprint density at radius 2 is 2.00 bits per heavy atom. The number of carbonyl (C=O) groups is 1. The molecule has 4 rings (SSSR count). The van der Waals surface area contributed by atoms with Gasteiger partial charge in [0, 0.05) is 46.9 Å². The second kappa shape index (κ2) is 8.75. The number of rotatable bonds is 7. The molecule has 0 saturated heterocycles. The summed E-state index contributed by atoms with van der Waals surface area (Å²) < 4.78 is 13.5. The Bertz CT molecular complexity index is 1050. The minimum atomic E-state index is -0.393. The summed E-state index contributed by atoms with van der Waals surface area (Å²) in [5.74, 6) is -0.548. The van der Waals surface area contributed by atoms with Crippen molar-refractivity contribution in [3.8, 4) is 0 Å². The predicted octanol–water partition coefficient (Wildman–Crippen LogP) is 5.82. The molecule has 150 valence electrons. The zero-order valence-electron chi connectivity index (χ0n) is 16.9. The first-order valence-electron chi connectivity index (χ1n) is 10.5. The van der Waals surface area contributed by atoms with Crippen LogP contribution in [-0.4, -0.2) is 35.3 Å². The lowest BCUT2D eigenvalue weighted by Gasteiger charge is -2.26. The van der Waals surface area contributed by atoms with E-state index in [1.54, 1.807) is 18.2 Å². The minimum Gasteiger partial charge on any atom is -0.361 e. The molecule has 0 aliphatic carbocycles. The van der Waals surface area contributed by atoms with Gasteiger partial charge in [-0.15, -0.1) is 0 Å². The van der Waals surface area contributed by atoms with E-state index in [4.69, 9.17) is 0 Å². The molecule has 0 amide bonds. The summed E-state index contributed by atoms with van der Waals surface area (Å²) in [6.07, 6.45) is 9.18. The van der Waals surface area contributed by atoms with E-state index in [1.165, 1.54) is 42.5 Å². The Morgan fingerprint density at radius 3 is 2.76 bits per heavy atom. The Kier molecular flexibility index (Phi) is 5.91.